The number of oxazole rings is 2. The second-order valence-corrected chi connectivity index (χ2v) is 18.5. The van der Waals surface area contributed by atoms with Crippen LogP contribution in [0.25, 0.3) is 79.2 Å². The third-order valence-corrected chi connectivity index (χ3v) is 12.5. The maximum atomic E-state index is 11.8. The molecule has 0 bridgehead atoms. The summed E-state index contributed by atoms with van der Waals surface area (Å²) < 4.78 is 39.0. The van der Waals surface area contributed by atoms with E-state index in [1.54, 1.807) is 41.7 Å². The zero-order chi connectivity index (χ0) is 43.4. The Morgan fingerprint density at radius 1 is 0.603 bits per heavy atom. The largest absolute Gasteiger partial charge is 1.00 e. The number of benzene rings is 6. The minimum absolute atomic E-state index is 0. The van der Waals surface area contributed by atoms with Gasteiger partial charge in [-0.3, -0.25) is 0 Å². The quantitative estimate of drug-likeness (QED) is 0.0609. The van der Waals surface area contributed by atoms with E-state index in [1.807, 2.05) is 72.8 Å². The van der Waals surface area contributed by atoms with Gasteiger partial charge in [0, 0.05) is 0 Å². The first-order valence-electron chi connectivity index (χ1n) is 20.0. The molecule has 3 heterocycles. The number of hydrogen-bond donors (Lipinski definition) is 0. The molecule has 6 aromatic carbocycles. The number of aromatic nitrogens is 2. The predicted octanol–water partition coefficient (Wildman–Crippen LogP) is 9.96. The summed E-state index contributed by atoms with van der Waals surface area (Å²) in [6, 6.07) is 47.1. The van der Waals surface area contributed by atoms with Crippen LogP contribution in [0.1, 0.15) is 59.7 Å². The van der Waals surface area contributed by atoms with Crippen molar-refractivity contribution < 1.29 is 56.4 Å². The average molecular weight is 879 g/mol. The maximum absolute atomic E-state index is 11.8. The van der Waals surface area contributed by atoms with Crippen LogP contribution in [0.3, 0.4) is 0 Å². The van der Waals surface area contributed by atoms with Crippen LogP contribution in [0.5, 0.6) is 0 Å². The number of nitrogens with zero attached hydrogens (tertiary/aromatic N) is 2. The minimum atomic E-state index is -4.31. The van der Waals surface area contributed by atoms with Crippen molar-refractivity contribution in [2.24, 2.45) is 0 Å². The molecule has 0 saturated carbocycles. The van der Waals surface area contributed by atoms with Gasteiger partial charge in [0.25, 0.3) is 10.1 Å². The predicted molar refractivity (Wildman–Crippen MR) is 249 cm³/mol. The van der Waals surface area contributed by atoms with Gasteiger partial charge < -0.3 is 18.4 Å². The van der Waals surface area contributed by atoms with E-state index >= 15 is 0 Å². The van der Waals surface area contributed by atoms with Crippen molar-refractivity contribution in [2.45, 2.75) is 44.9 Å². The average Bonchev–Trinajstić information content (AvgIpc) is 4.04. The fourth-order valence-electron chi connectivity index (χ4n) is 6.81. The maximum Gasteiger partial charge on any atom is 1.00 e. The summed E-state index contributed by atoms with van der Waals surface area (Å²) in [6.45, 7) is 10.7. The molecule has 0 fully saturated rings. The molecule has 8 nitrogen and oxygen atoms in total. The fourth-order valence-corrected chi connectivity index (χ4v) is 8.41. The van der Waals surface area contributed by atoms with E-state index in [0.29, 0.717) is 17.3 Å². The Morgan fingerprint density at radius 2 is 1.11 bits per heavy atom. The zero-order valence-electron chi connectivity index (χ0n) is 35.8. The molecule has 0 radical (unpaired) electrons. The fraction of sp³-hybridized carbons (Fsp3) is 0.115. The van der Waals surface area contributed by atoms with Gasteiger partial charge in [0.05, 0.1) is 9.75 Å². The molecule has 310 valence electrons. The Bertz CT molecular complexity index is 3190. The van der Waals surface area contributed by atoms with Crippen molar-refractivity contribution in [3.8, 4) is 32.7 Å². The molecule has 9 rings (SSSR count). The van der Waals surface area contributed by atoms with Crippen LogP contribution < -0.4 is 34.8 Å². The van der Waals surface area contributed by atoms with E-state index in [-0.39, 0.29) is 39.9 Å². The topological polar surface area (TPSA) is 118 Å². The molecule has 0 aliphatic heterocycles. The number of fused-ring (bicyclic) bond motifs is 2. The molecule has 63 heavy (non-hydrogen) atoms. The van der Waals surface area contributed by atoms with E-state index in [0.717, 1.165) is 54.2 Å². The van der Waals surface area contributed by atoms with Crippen molar-refractivity contribution in [1.82, 2.24) is 9.97 Å². The summed E-state index contributed by atoms with van der Waals surface area (Å²) in [4.78, 5) is 11.1. The Balaban J connectivity index is 0.000000189. The molecule has 0 spiro atoms. The van der Waals surface area contributed by atoms with Crippen molar-refractivity contribution in [3.63, 3.8) is 0 Å². The molecule has 0 amide bonds. The third-order valence-electron chi connectivity index (χ3n) is 10.4. The molecule has 9 aromatic rings. The number of aryl methyl sites for hydroxylation is 2. The van der Waals surface area contributed by atoms with Crippen LogP contribution in [0.15, 0.2) is 159 Å². The number of hydrogen-bond acceptors (Lipinski definition) is 9. The van der Waals surface area contributed by atoms with Crippen molar-refractivity contribution in [2.75, 3.05) is 0 Å². The molecule has 0 atom stereocenters. The van der Waals surface area contributed by atoms with Gasteiger partial charge in [0.15, 0.2) is 11.2 Å². The van der Waals surface area contributed by atoms with Crippen LogP contribution in [0.2, 0.25) is 0 Å². The SMILES string of the molecule is Cc1ccc2oc(-c3ccc(-c4nc5cc(C(C)(C)C)ccc5o4)s3)nc2c1.Cc1ccccc1/C=C/c1ccc(-c2ccc(/C=C/c3ccccc3S(=O)(=O)O[O-])cc2)cc1.[Na+]. The van der Waals surface area contributed by atoms with Gasteiger partial charge in [-0.05, 0) is 112 Å². The monoisotopic (exact) mass is 878 g/mol. The molecule has 0 aliphatic rings. The molecule has 0 N–H and O–H groups in total. The van der Waals surface area contributed by atoms with Gasteiger partial charge in [-0.2, -0.15) is 8.42 Å². The molecule has 0 unspecified atom stereocenters. The molecule has 0 aliphatic carbocycles. The molecular formula is C52H43N2NaO6S2. The normalized spacial score (nSPS) is 11.9. The second kappa shape index (κ2) is 19.4. The zero-order valence-corrected chi connectivity index (χ0v) is 39.5. The van der Waals surface area contributed by atoms with E-state index in [9.17, 15) is 13.7 Å². The summed E-state index contributed by atoms with van der Waals surface area (Å²) in [5.74, 6) is 1.26. The van der Waals surface area contributed by atoms with Crippen LogP contribution in [-0.4, -0.2) is 18.4 Å². The summed E-state index contributed by atoms with van der Waals surface area (Å²) >= 11 is 1.57. The van der Waals surface area contributed by atoms with Crippen LogP contribution >= 0.6 is 11.3 Å². The Labute approximate surface area is 393 Å². The van der Waals surface area contributed by atoms with E-state index in [2.05, 4.69) is 105 Å². The van der Waals surface area contributed by atoms with Gasteiger partial charge >= 0.3 is 29.6 Å². The standard InChI is InChI=1S/C29H24O4S.C23H20N2O2S.Na/c1-22-6-2-3-7-25(22)16-10-23-11-17-26(18-12-23)27-19-13-24(14-20-27)15-21-28-8-4-5-9-29(28)34(31,32)33-30;1-13-5-7-17-15(11-13)24-21(26-17)19-9-10-20(28-19)22-25-16-12-14(23(2,3)4)6-8-18(16)27-22;/h2-21,30H,1H3;5-12H,1-4H3;/q;;+1/p-1/b16-10+,21-15+;;. The van der Waals surface area contributed by atoms with Gasteiger partial charge in [-0.25, -0.2) is 9.97 Å². The molecule has 11 heteroatoms. The summed E-state index contributed by atoms with van der Waals surface area (Å²) in [7, 11) is -4.31. The van der Waals surface area contributed by atoms with Crippen molar-refractivity contribution in [3.05, 3.63) is 185 Å². The van der Waals surface area contributed by atoms with E-state index < -0.39 is 10.1 Å². The van der Waals surface area contributed by atoms with Crippen molar-refractivity contribution >= 4 is 68.0 Å². The smallest absolute Gasteiger partial charge is 0.707 e. The number of rotatable bonds is 9. The molecular weight excluding hydrogens is 836 g/mol. The first kappa shape index (κ1) is 45.3. The molecule has 3 aromatic heterocycles. The van der Waals surface area contributed by atoms with Crippen LogP contribution in [0, 0.1) is 13.8 Å². The summed E-state index contributed by atoms with van der Waals surface area (Å²) in [5.41, 5.74) is 12.9. The Kier molecular flexibility index (Phi) is 13.9. The summed E-state index contributed by atoms with van der Waals surface area (Å²) in [5, 5.41) is 10.6. The third kappa shape index (κ3) is 10.7. The van der Waals surface area contributed by atoms with Crippen LogP contribution in [0.4, 0.5) is 0 Å². The van der Waals surface area contributed by atoms with E-state index in [1.165, 1.54) is 28.3 Å². The first-order valence-corrected chi connectivity index (χ1v) is 22.2. The van der Waals surface area contributed by atoms with Gasteiger partial charge in [-0.1, -0.05) is 148 Å². The number of thiophene rings is 1. The Morgan fingerprint density at radius 3 is 1.67 bits per heavy atom. The van der Waals surface area contributed by atoms with Gasteiger partial charge in [0.1, 0.15) is 15.9 Å². The Hall–Kier alpha value is -5.69. The van der Waals surface area contributed by atoms with Crippen LogP contribution in [-0.2, 0) is 19.9 Å². The summed E-state index contributed by atoms with van der Waals surface area (Å²) in [6.07, 6.45) is 7.67. The van der Waals surface area contributed by atoms with E-state index in [4.69, 9.17) is 13.8 Å². The molecule has 0 saturated heterocycles. The first-order chi connectivity index (χ1) is 29.8. The van der Waals surface area contributed by atoms with Gasteiger partial charge in [0.2, 0.25) is 11.8 Å². The van der Waals surface area contributed by atoms with Crippen molar-refractivity contribution in [1.29, 1.82) is 0 Å². The van der Waals surface area contributed by atoms with Gasteiger partial charge in [-0.15, -0.1) is 11.3 Å². The minimum Gasteiger partial charge on any atom is -0.707 e. The second-order valence-electron chi connectivity index (χ2n) is 15.9.